The van der Waals surface area contributed by atoms with E-state index in [1.54, 1.807) is 0 Å². The van der Waals surface area contributed by atoms with Gasteiger partial charge in [-0.3, -0.25) is 4.99 Å². The van der Waals surface area contributed by atoms with E-state index in [1.165, 1.54) is 0 Å². The number of oxime groups is 1. The third-order valence-corrected chi connectivity index (χ3v) is 3.27. The highest BCUT2D eigenvalue weighted by molar-refractivity contribution is 6.47. The fraction of sp³-hybridized carbons (Fsp3) is 0.263. The first kappa shape index (κ1) is 17.5. The summed E-state index contributed by atoms with van der Waals surface area (Å²) in [6.45, 7) is 5.25. The van der Waals surface area contributed by atoms with Gasteiger partial charge in [-0.15, -0.1) is 0 Å². The normalized spacial score (nSPS) is 12.1. The minimum atomic E-state index is 0.359. The van der Waals surface area contributed by atoms with Gasteiger partial charge in [-0.25, -0.2) is 0 Å². The first-order chi connectivity index (χ1) is 11.8. The van der Waals surface area contributed by atoms with Crippen LogP contribution in [0.15, 0.2) is 64.7 Å². The smallest absolute Gasteiger partial charge is 0.152 e. The fourth-order valence-corrected chi connectivity index (χ4v) is 2.16. The largest absolute Gasteiger partial charge is 0.489 e. The molecule has 0 radical (unpaired) electrons. The van der Waals surface area contributed by atoms with Gasteiger partial charge in [-0.1, -0.05) is 47.6 Å². The van der Waals surface area contributed by atoms with Crippen molar-refractivity contribution >= 4 is 11.5 Å². The highest BCUT2D eigenvalue weighted by Gasteiger charge is 2.14. The number of hydrogen-bond acceptors (Lipinski definition) is 4. The van der Waals surface area contributed by atoms with Crippen molar-refractivity contribution in [3.8, 4) is 5.75 Å². The predicted molar refractivity (Wildman–Crippen MR) is 97.5 cm³/mol. The number of hydrogen-bond donors (Lipinski definition) is 1. The van der Waals surface area contributed by atoms with Crippen LogP contribution in [-0.4, -0.2) is 24.7 Å². The molecule has 2 aromatic rings. The van der Waals surface area contributed by atoms with Gasteiger partial charge in [0.2, 0.25) is 0 Å². The van der Waals surface area contributed by atoms with E-state index in [9.17, 15) is 0 Å². The number of rotatable bonds is 8. The SMILES string of the molecule is CCN=C(N)C(=NOCC)c1ccccc1COc1ccccc1. The molecule has 2 rings (SSSR count). The second kappa shape index (κ2) is 9.35. The molecule has 0 aromatic heterocycles. The van der Waals surface area contributed by atoms with Crippen molar-refractivity contribution in [2.24, 2.45) is 15.9 Å². The van der Waals surface area contributed by atoms with E-state index in [2.05, 4.69) is 10.1 Å². The summed E-state index contributed by atoms with van der Waals surface area (Å²) >= 11 is 0. The first-order valence-electron chi connectivity index (χ1n) is 8.02. The number of aliphatic imine (C=N–C) groups is 1. The summed E-state index contributed by atoms with van der Waals surface area (Å²) < 4.78 is 5.85. The molecule has 5 heteroatoms. The second-order valence-electron chi connectivity index (χ2n) is 4.98. The topological polar surface area (TPSA) is 69.2 Å². The highest BCUT2D eigenvalue weighted by atomic mass is 16.6. The Kier molecular flexibility index (Phi) is 6.83. The van der Waals surface area contributed by atoms with E-state index in [-0.39, 0.29) is 0 Å². The van der Waals surface area contributed by atoms with E-state index in [0.717, 1.165) is 16.9 Å². The maximum Gasteiger partial charge on any atom is 0.152 e. The van der Waals surface area contributed by atoms with Gasteiger partial charge in [-0.2, -0.15) is 0 Å². The lowest BCUT2D eigenvalue weighted by atomic mass is 10.0. The number of para-hydroxylation sites is 1. The van der Waals surface area contributed by atoms with Gasteiger partial charge in [0, 0.05) is 12.1 Å². The first-order valence-corrected chi connectivity index (χ1v) is 8.02. The molecule has 0 saturated carbocycles. The van der Waals surface area contributed by atoms with E-state index in [0.29, 0.717) is 31.3 Å². The molecule has 0 aliphatic carbocycles. The summed E-state index contributed by atoms with van der Waals surface area (Å²) in [5, 5.41) is 4.15. The maximum atomic E-state index is 6.08. The van der Waals surface area contributed by atoms with Crippen LogP contribution >= 0.6 is 0 Å². The van der Waals surface area contributed by atoms with Gasteiger partial charge >= 0.3 is 0 Å². The third kappa shape index (κ3) is 4.84. The molecule has 0 saturated heterocycles. The molecule has 0 fully saturated rings. The molecule has 0 atom stereocenters. The van der Waals surface area contributed by atoms with E-state index in [4.69, 9.17) is 15.3 Å². The van der Waals surface area contributed by atoms with Crippen molar-refractivity contribution in [3.63, 3.8) is 0 Å². The summed E-state index contributed by atoms with van der Waals surface area (Å²) in [7, 11) is 0. The molecule has 0 spiro atoms. The van der Waals surface area contributed by atoms with E-state index < -0.39 is 0 Å². The lowest BCUT2D eigenvalue weighted by molar-refractivity contribution is 0.159. The summed E-state index contributed by atoms with van der Waals surface area (Å²) in [5.74, 6) is 1.17. The lowest BCUT2D eigenvalue weighted by Crippen LogP contribution is -2.27. The Hall–Kier alpha value is -2.82. The van der Waals surface area contributed by atoms with Crippen LogP contribution in [0.5, 0.6) is 5.75 Å². The van der Waals surface area contributed by atoms with Crippen LogP contribution < -0.4 is 10.5 Å². The zero-order valence-corrected chi connectivity index (χ0v) is 14.1. The van der Waals surface area contributed by atoms with E-state index in [1.807, 2.05) is 68.4 Å². The van der Waals surface area contributed by atoms with Crippen molar-refractivity contribution in [3.05, 3.63) is 65.7 Å². The molecule has 5 nitrogen and oxygen atoms in total. The van der Waals surface area contributed by atoms with Crippen molar-refractivity contribution in [1.82, 2.24) is 0 Å². The molecular weight excluding hydrogens is 302 g/mol. The second-order valence-corrected chi connectivity index (χ2v) is 4.98. The summed E-state index contributed by atoms with van der Waals surface area (Å²) in [4.78, 5) is 9.48. The molecule has 24 heavy (non-hydrogen) atoms. The number of benzene rings is 2. The number of nitrogens with zero attached hydrogens (tertiary/aromatic N) is 2. The van der Waals surface area contributed by atoms with Crippen LogP contribution in [0.4, 0.5) is 0 Å². The molecule has 126 valence electrons. The maximum absolute atomic E-state index is 6.08. The summed E-state index contributed by atoms with van der Waals surface area (Å²) in [6, 6.07) is 17.5. The Labute approximate surface area is 142 Å². The quantitative estimate of drug-likeness (QED) is 0.459. The van der Waals surface area contributed by atoms with Crippen LogP contribution in [0.1, 0.15) is 25.0 Å². The van der Waals surface area contributed by atoms with E-state index >= 15 is 0 Å². The summed E-state index contributed by atoms with van der Waals surface area (Å²) in [6.07, 6.45) is 0. The highest BCUT2D eigenvalue weighted by Crippen LogP contribution is 2.16. The summed E-state index contributed by atoms with van der Waals surface area (Å²) in [5.41, 5.74) is 8.43. The van der Waals surface area contributed by atoms with Crippen LogP contribution in [0.2, 0.25) is 0 Å². The molecule has 0 unspecified atom stereocenters. The minimum Gasteiger partial charge on any atom is -0.489 e. The number of amidine groups is 1. The monoisotopic (exact) mass is 325 g/mol. The predicted octanol–water partition coefficient (Wildman–Crippen LogP) is 3.38. The zero-order valence-electron chi connectivity index (χ0n) is 14.1. The lowest BCUT2D eigenvalue weighted by Gasteiger charge is -2.13. The number of nitrogens with two attached hydrogens (primary N) is 1. The molecule has 0 amide bonds. The van der Waals surface area contributed by atoms with Crippen LogP contribution in [0, 0.1) is 0 Å². The average Bonchev–Trinajstić information content (AvgIpc) is 2.62. The van der Waals surface area contributed by atoms with Gasteiger partial charge in [0.05, 0.1) is 0 Å². The van der Waals surface area contributed by atoms with Gasteiger partial charge in [0.15, 0.2) is 5.71 Å². The standard InChI is InChI=1S/C19H23N3O2/c1-3-21-19(20)18(22-24-4-2)17-13-9-8-10-15(17)14-23-16-11-6-5-7-12-16/h5-13H,3-4,14H2,1-2H3,(H2,20,21). The molecule has 2 N–H and O–H groups in total. The Morgan fingerprint density at radius 1 is 1.00 bits per heavy atom. The zero-order chi connectivity index (χ0) is 17.2. The van der Waals surface area contributed by atoms with Gasteiger partial charge in [0.25, 0.3) is 0 Å². The molecule has 0 heterocycles. The van der Waals surface area contributed by atoms with Crippen molar-refractivity contribution in [2.75, 3.05) is 13.2 Å². The third-order valence-electron chi connectivity index (χ3n) is 3.27. The van der Waals surface area contributed by atoms with Gasteiger partial charge < -0.3 is 15.3 Å². The fourth-order valence-electron chi connectivity index (χ4n) is 2.16. The Balaban J connectivity index is 2.29. The molecule has 2 aromatic carbocycles. The minimum absolute atomic E-state index is 0.359. The molecule has 0 bridgehead atoms. The Morgan fingerprint density at radius 2 is 1.71 bits per heavy atom. The Morgan fingerprint density at radius 3 is 2.42 bits per heavy atom. The molecule has 0 aliphatic rings. The number of ether oxygens (including phenoxy) is 1. The van der Waals surface area contributed by atoms with Crippen LogP contribution in [-0.2, 0) is 11.4 Å². The van der Waals surface area contributed by atoms with Gasteiger partial charge in [0.1, 0.15) is 24.8 Å². The Bertz CT molecular complexity index is 697. The van der Waals surface area contributed by atoms with Crippen LogP contribution in [0.25, 0.3) is 0 Å². The van der Waals surface area contributed by atoms with Crippen molar-refractivity contribution in [2.45, 2.75) is 20.5 Å². The average molecular weight is 325 g/mol. The molecule has 0 aliphatic heterocycles. The van der Waals surface area contributed by atoms with Crippen molar-refractivity contribution < 1.29 is 9.57 Å². The van der Waals surface area contributed by atoms with Crippen LogP contribution in [0.3, 0.4) is 0 Å². The molecular formula is C19H23N3O2. The van der Waals surface area contributed by atoms with Gasteiger partial charge in [-0.05, 0) is 31.5 Å². The van der Waals surface area contributed by atoms with Crippen molar-refractivity contribution in [1.29, 1.82) is 0 Å².